The fourth-order valence-electron chi connectivity index (χ4n) is 1.94. The van der Waals surface area contributed by atoms with E-state index in [2.05, 4.69) is 21.0 Å². The van der Waals surface area contributed by atoms with Gasteiger partial charge in [0.05, 0.1) is 20.8 Å². The maximum absolute atomic E-state index is 11.3. The predicted molar refractivity (Wildman–Crippen MR) is 82.5 cm³/mol. The van der Waals surface area contributed by atoms with Crippen molar-refractivity contribution in [1.29, 1.82) is 0 Å². The topological polar surface area (TPSA) is 87.2 Å². The van der Waals surface area contributed by atoms with Crippen LogP contribution in [0.2, 0.25) is 0 Å². The van der Waals surface area contributed by atoms with Gasteiger partial charge in [-0.3, -0.25) is 4.68 Å². The summed E-state index contributed by atoms with van der Waals surface area (Å²) in [5, 5.41) is 9.38. The van der Waals surface area contributed by atoms with Crippen LogP contribution in [0.1, 0.15) is 17.0 Å². The molecular formula is C13H16BrN3O3S. The summed E-state index contributed by atoms with van der Waals surface area (Å²) in [7, 11) is -1.86. The number of rotatable bonds is 4. The van der Waals surface area contributed by atoms with Gasteiger partial charge in [-0.2, -0.15) is 5.10 Å². The minimum atomic E-state index is -3.70. The van der Waals surface area contributed by atoms with Crippen LogP contribution in [0.3, 0.4) is 0 Å². The van der Waals surface area contributed by atoms with E-state index in [0.717, 1.165) is 15.9 Å². The smallest absolute Gasteiger partial charge is 0.238 e. The number of ether oxygens (including phenoxy) is 1. The van der Waals surface area contributed by atoms with Crippen LogP contribution >= 0.6 is 15.9 Å². The molecular weight excluding hydrogens is 358 g/mol. The summed E-state index contributed by atoms with van der Waals surface area (Å²) in [4.78, 5) is 0.0740. The van der Waals surface area contributed by atoms with Crippen molar-refractivity contribution in [3.63, 3.8) is 0 Å². The van der Waals surface area contributed by atoms with Gasteiger partial charge in [-0.05, 0) is 53.5 Å². The third kappa shape index (κ3) is 3.45. The number of nitrogens with zero attached hydrogens (tertiary/aromatic N) is 2. The SMILES string of the molecule is Cc1cc(S(N)(=O)=O)ccc1OCc1c(Br)c(C)nn1C. The van der Waals surface area contributed by atoms with Crippen LogP contribution in [0.25, 0.3) is 0 Å². The van der Waals surface area contributed by atoms with E-state index in [1.165, 1.54) is 12.1 Å². The standard InChI is InChI=1S/C13H16BrN3O3S/c1-8-6-10(21(15,18)19)4-5-12(8)20-7-11-13(14)9(2)16-17(11)3/h4-6H,7H2,1-3H3,(H2,15,18,19). The number of hydrogen-bond acceptors (Lipinski definition) is 4. The number of hydrogen-bond donors (Lipinski definition) is 1. The zero-order valence-electron chi connectivity index (χ0n) is 11.9. The second-order valence-electron chi connectivity index (χ2n) is 4.73. The first kappa shape index (κ1) is 16.0. The molecule has 8 heteroatoms. The van der Waals surface area contributed by atoms with Crippen molar-refractivity contribution in [2.24, 2.45) is 12.2 Å². The first-order valence-corrected chi connectivity index (χ1v) is 8.48. The third-order valence-corrected chi connectivity index (χ3v) is 5.04. The molecule has 21 heavy (non-hydrogen) atoms. The molecule has 0 saturated heterocycles. The maximum atomic E-state index is 11.3. The minimum absolute atomic E-state index is 0.0740. The molecule has 0 aliphatic heterocycles. The number of sulfonamides is 1. The summed E-state index contributed by atoms with van der Waals surface area (Å²) in [5.41, 5.74) is 2.50. The van der Waals surface area contributed by atoms with Crippen LogP contribution in [0, 0.1) is 13.8 Å². The van der Waals surface area contributed by atoms with Gasteiger partial charge in [0, 0.05) is 7.05 Å². The molecule has 2 aromatic rings. The number of aromatic nitrogens is 2. The molecule has 0 aliphatic carbocycles. The Balaban J connectivity index is 2.21. The van der Waals surface area contributed by atoms with Crippen LogP contribution < -0.4 is 9.88 Å². The van der Waals surface area contributed by atoms with Crippen molar-refractivity contribution in [1.82, 2.24) is 9.78 Å². The second-order valence-corrected chi connectivity index (χ2v) is 7.09. The molecule has 0 amide bonds. The summed E-state index contributed by atoms with van der Waals surface area (Å²) in [6, 6.07) is 4.53. The van der Waals surface area contributed by atoms with E-state index < -0.39 is 10.0 Å². The molecule has 1 heterocycles. The highest BCUT2D eigenvalue weighted by atomic mass is 79.9. The van der Waals surface area contributed by atoms with Gasteiger partial charge >= 0.3 is 0 Å². The average molecular weight is 374 g/mol. The molecule has 0 aliphatic rings. The van der Waals surface area contributed by atoms with Gasteiger partial charge in [-0.25, -0.2) is 13.6 Å². The van der Waals surface area contributed by atoms with Crippen molar-refractivity contribution in [2.75, 3.05) is 0 Å². The van der Waals surface area contributed by atoms with E-state index in [0.29, 0.717) is 17.9 Å². The Labute approximate surface area is 132 Å². The van der Waals surface area contributed by atoms with Crippen LogP contribution in [0.4, 0.5) is 0 Å². The van der Waals surface area contributed by atoms with Crippen LogP contribution in [0.5, 0.6) is 5.75 Å². The molecule has 0 atom stereocenters. The molecule has 0 spiro atoms. The van der Waals surface area contributed by atoms with Gasteiger partial charge in [0.15, 0.2) is 0 Å². The largest absolute Gasteiger partial charge is 0.487 e. The zero-order valence-corrected chi connectivity index (χ0v) is 14.3. The Hall–Kier alpha value is -1.38. The van der Waals surface area contributed by atoms with Crippen LogP contribution in [-0.4, -0.2) is 18.2 Å². The summed E-state index contributed by atoms with van der Waals surface area (Å²) >= 11 is 3.47. The molecule has 6 nitrogen and oxygen atoms in total. The van der Waals surface area contributed by atoms with Gasteiger partial charge in [-0.1, -0.05) is 0 Å². The van der Waals surface area contributed by atoms with Crippen molar-refractivity contribution in [2.45, 2.75) is 25.3 Å². The molecule has 1 aromatic heterocycles. The van der Waals surface area contributed by atoms with Crippen molar-refractivity contribution in [3.05, 3.63) is 39.6 Å². The van der Waals surface area contributed by atoms with E-state index in [9.17, 15) is 8.42 Å². The number of primary sulfonamides is 1. The fraction of sp³-hybridized carbons (Fsp3) is 0.308. The summed E-state index contributed by atoms with van der Waals surface area (Å²) in [5.74, 6) is 0.605. The number of aryl methyl sites for hydroxylation is 3. The normalized spacial score (nSPS) is 11.7. The predicted octanol–water partition coefficient (Wildman–Crippen LogP) is 2.03. The summed E-state index contributed by atoms with van der Waals surface area (Å²) in [6.45, 7) is 4.00. The van der Waals surface area contributed by atoms with E-state index in [1.807, 2.05) is 14.0 Å². The van der Waals surface area contributed by atoms with E-state index in [4.69, 9.17) is 9.88 Å². The molecule has 0 unspecified atom stereocenters. The van der Waals surface area contributed by atoms with Gasteiger partial charge < -0.3 is 4.74 Å². The van der Waals surface area contributed by atoms with E-state index in [-0.39, 0.29) is 4.90 Å². The van der Waals surface area contributed by atoms with Crippen molar-refractivity contribution < 1.29 is 13.2 Å². The molecule has 0 radical (unpaired) electrons. The fourth-order valence-corrected chi connectivity index (χ4v) is 2.99. The monoisotopic (exact) mass is 373 g/mol. The molecule has 114 valence electrons. The highest BCUT2D eigenvalue weighted by molar-refractivity contribution is 9.10. The van der Waals surface area contributed by atoms with E-state index >= 15 is 0 Å². The summed E-state index contributed by atoms with van der Waals surface area (Å²) in [6.07, 6.45) is 0. The number of halogens is 1. The lowest BCUT2D eigenvalue weighted by Gasteiger charge is -2.10. The van der Waals surface area contributed by atoms with Gasteiger partial charge in [0.2, 0.25) is 10.0 Å². The zero-order chi connectivity index (χ0) is 15.8. The Morgan fingerprint density at radius 1 is 1.38 bits per heavy atom. The second kappa shape index (κ2) is 5.78. The Bertz CT molecular complexity index is 784. The molecule has 0 fully saturated rings. The molecule has 2 N–H and O–H groups in total. The van der Waals surface area contributed by atoms with E-state index in [1.54, 1.807) is 17.7 Å². The molecule has 0 saturated carbocycles. The average Bonchev–Trinajstić information content (AvgIpc) is 2.61. The van der Waals surface area contributed by atoms with Crippen molar-refractivity contribution in [3.8, 4) is 5.75 Å². The van der Waals surface area contributed by atoms with Crippen LogP contribution in [0.15, 0.2) is 27.6 Å². The van der Waals surface area contributed by atoms with Gasteiger partial charge in [0.1, 0.15) is 12.4 Å². The molecule has 1 aromatic carbocycles. The Morgan fingerprint density at radius 2 is 2.05 bits per heavy atom. The minimum Gasteiger partial charge on any atom is -0.487 e. The molecule has 2 rings (SSSR count). The highest BCUT2D eigenvalue weighted by Gasteiger charge is 2.13. The van der Waals surface area contributed by atoms with Crippen molar-refractivity contribution >= 4 is 26.0 Å². The van der Waals surface area contributed by atoms with Gasteiger partial charge in [-0.15, -0.1) is 0 Å². The highest BCUT2D eigenvalue weighted by Crippen LogP contribution is 2.25. The molecule has 0 bridgehead atoms. The van der Waals surface area contributed by atoms with Crippen LogP contribution in [-0.2, 0) is 23.7 Å². The maximum Gasteiger partial charge on any atom is 0.238 e. The summed E-state index contributed by atoms with van der Waals surface area (Å²) < 4.78 is 31.0. The lowest BCUT2D eigenvalue weighted by atomic mass is 10.2. The Kier molecular flexibility index (Phi) is 4.40. The number of benzene rings is 1. The quantitative estimate of drug-likeness (QED) is 0.887. The first-order chi connectivity index (χ1) is 9.70. The first-order valence-electron chi connectivity index (χ1n) is 6.14. The number of nitrogens with two attached hydrogens (primary N) is 1. The Morgan fingerprint density at radius 3 is 2.52 bits per heavy atom. The lowest BCUT2D eigenvalue weighted by Crippen LogP contribution is -2.12. The van der Waals surface area contributed by atoms with Gasteiger partial charge in [0.25, 0.3) is 0 Å². The lowest BCUT2D eigenvalue weighted by molar-refractivity contribution is 0.292. The third-order valence-electron chi connectivity index (χ3n) is 3.10.